The fourth-order valence-corrected chi connectivity index (χ4v) is 1.75. The molecule has 1 aromatic carbocycles. The monoisotopic (exact) mass is 273 g/mol. The standard InChI is InChI=1S/C16H23N3O/c1-11(2)16(5,10-17)19-15(20)9-18-14-8-6-7-12(3)13(14)4/h6-8,11,18H,9H2,1-5H3,(H,19,20). The van der Waals surface area contributed by atoms with Crippen LogP contribution in [-0.2, 0) is 4.79 Å². The molecule has 0 bridgehead atoms. The van der Waals surface area contributed by atoms with Crippen LogP contribution in [-0.4, -0.2) is 18.0 Å². The van der Waals surface area contributed by atoms with Gasteiger partial charge in [0.25, 0.3) is 0 Å². The normalized spacial score (nSPS) is 13.4. The minimum atomic E-state index is -0.833. The zero-order valence-electron chi connectivity index (χ0n) is 12.9. The van der Waals surface area contributed by atoms with Gasteiger partial charge in [0.15, 0.2) is 0 Å². The van der Waals surface area contributed by atoms with Crippen LogP contribution in [0, 0.1) is 31.1 Å². The van der Waals surface area contributed by atoms with E-state index in [4.69, 9.17) is 0 Å². The van der Waals surface area contributed by atoms with Crippen LogP contribution in [0.4, 0.5) is 5.69 Å². The Bertz CT molecular complexity index is 531. The number of carbonyl (C=O) groups is 1. The molecule has 20 heavy (non-hydrogen) atoms. The molecule has 1 amide bonds. The summed E-state index contributed by atoms with van der Waals surface area (Å²) >= 11 is 0. The lowest BCUT2D eigenvalue weighted by molar-refractivity contribution is -0.121. The Labute approximate surface area is 121 Å². The number of anilines is 1. The van der Waals surface area contributed by atoms with E-state index >= 15 is 0 Å². The van der Waals surface area contributed by atoms with Gasteiger partial charge >= 0.3 is 0 Å². The van der Waals surface area contributed by atoms with E-state index in [1.807, 2.05) is 45.9 Å². The molecule has 4 nitrogen and oxygen atoms in total. The Kier molecular flexibility index (Phi) is 5.15. The minimum Gasteiger partial charge on any atom is -0.376 e. The van der Waals surface area contributed by atoms with Crippen LogP contribution in [0.2, 0.25) is 0 Å². The van der Waals surface area contributed by atoms with Gasteiger partial charge in [-0.1, -0.05) is 26.0 Å². The average Bonchev–Trinajstić information content (AvgIpc) is 2.40. The second-order valence-electron chi connectivity index (χ2n) is 5.62. The number of nitrogens with one attached hydrogen (secondary N) is 2. The summed E-state index contributed by atoms with van der Waals surface area (Å²) in [7, 11) is 0. The maximum absolute atomic E-state index is 12.0. The third kappa shape index (κ3) is 3.74. The fourth-order valence-electron chi connectivity index (χ4n) is 1.75. The van der Waals surface area contributed by atoms with Gasteiger partial charge in [0.1, 0.15) is 5.54 Å². The Morgan fingerprint density at radius 1 is 1.40 bits per heavy atom. The van der Waals surface area contributed by atoms with Crippen molar-refractivity contribution in [3.8, 4) is 6.07 Å². The molecule has 2 N–H and O–H groups in total. The molecule has 1 unspecified atom stereocenters. The Morgan fingerprint density at radius 3 is 2.60 bits per heavy atom. The van der Waals surface area contributed by atoms with Gasteiger partial charge in [-0.05, 0) is 43.9 Å². The van der Waals surface area contributed by atoms with E-state index in [1.54, 1.807) is 6.92 Å². The number of nitrogens with zero attached hydrogens (tertiary/aromatic N) is 1. The lowest BCUT2D eigenvalue weighted by Gasteiger charge is -2.27. The van der Waals surface area contributed by atoms with Gasteiger partial charge in [-0.3, -0.25) is 4.79 Å². The van der Waals surface area contributed by atoms with Gasteiger partial charge in [0.2, 0.25) is 5.91 Å². The van der Waals surface area contributed by atoms with Crippen LogP contribution in [0.15, 0.2) is 18.2 Å². The van der Waals surface area contributed by atoms with Crippen LogP contribution in [0.1, 0.15) is 31.9 Å². The molecule has 1 rings (SSSR count). The van der Waals surface area contributed by atoms with Crippen molar-refractivity contribution in [2.24, 2.45) is 5.92 Å². The van der Waals surface area contributed by atoms with Crippen molar-refractivity contribution in [2.45, 2.75) is 40.2 Å². The number of carbonyl (C=O) groups excluding carboxylic acids is 1. The van der Waals surface area contributed by atoms with Gasteiger partial charge < -0.3 is 10.6 Å². The molecule has 0 aromatic heterocycles. The number of benzene rings is 1. The van der Waals surface area contributed by atoms with Gasteiger partial charge in [-0.25, -0.2) is 0 Å². The zero-order chi connectivity index (χ0) is 15.3. The van der Waals surface area contributed by atoms with Crippen molar-refractivity contribution in [3.63, 3.8) is 0 Å². The molecular formula is C16H23N3O. The van der Waals surface area contributed by atoms with E-state index in [9.17, 15) is 10.1 Å². The smallest absolute Gasteiger partial charge is 0.240 e. The molecule has 0 aliphatic carbocycles. The first kappa shape index (κ1) is 16.0. The largest absolute Gasteiger partial charge is 0.376 e. The topological polar surface area (TPSA) is 64.9 Å². The Balaban J connectivity index is 2.65. The molecule has 108 valence electrons. The molecule has 4 heteroatoms. The van der Waals surface area contributed by atoms with E-state index in [1.165, 1.54) is 5.56 Å². The van der Waals surface area contributed by atoms with Crippen molar-refractivity contribution in [1.29, 1.82) is 5.26 Å². The zero-order valence-corrected chi connectivity index (χ0v) is 12.9. The molecule has 0 radical (unpaired) electrons. The van der Waals surface area contributed by atoms with E-state index < -0.39 is 5.54 Å². The molecule has 0 heterocycles. The van der Waals surface area contributed by atoms with E-state index in [0.29, 0.717) is 0 Å². The predicted molar refractivity (Wildman–Crippen MR) is 81.4 cm³/mol. The summed E-state index contributed by atoms with van der Waals surface area (Å²) in [6, 6.07) is 8.10. The highest BCUT2D eigenvalue weighted by molar-refractivity contribution is 5.82. The SMILES string of the molecule is Cc1cccc(NCC(=O)NC(C)(C#N)C(C)C)c1C. The number of amides is 1. The lowest BCUT2D eigenvalue weighted by atomic mass is 9.90. The summed E-state index contributed by atoms with van der Waals surface area (Å²) in [5.74, 6) is -0.124. The van der Waals surface area contributed by atoms with Crippen molar-refractivity contribution < 1.29 is 4.79 Å². The molecular weight excluding hydrogens is 250 g/mol. The summed E-state index contributed by atoms with van der Waals surface area (Å²) in [4.78, 5) is 12.0. The first-order valence-electron chi connectivity index (χ1n) is 6.82. The second kappa shape index (κ2) is 6.42. The van der Waals surface area contributed by atoms with Crippen molar-refractivity contribution in [2.75, 3.05) is 11.9 Å². The Morgan fingerprint density at radius 2 is 2.05 bits per heavy atom. The maximum Gasteiger partial charge on any atom is 0.240 e. The van der Waals surface area contributed by atoms with E-state index in [-0.39, 0.29) is 18.4 Å². The number of aryl methyl sites for hydroxylation is 1. The molecule has 1 atom stereocenters. The number of rotatable bonds is 5. The summed E-state index contributed by atoms with van der Waals surface area (Å²) in [6.07, 6.45) is 0. The average molecular weight is 273 g/mol. The number of hydrogen-bond donors (Lipinski definition) is 2. The van der Waals surface area contributed by atoms with Gasteiger partial charge in [0.05, 0.1) is 12.6 Å². The van der Waals surface area contributed by atoms with Crippen LogP contribution >= 0.6 is 0 Å². The molecule has 0 saturated carbocycles. The van der Waals surface area contributed by atoms with E-state index in [2.05, 4.69) is 16.7 Å². The third-order valence-electron chi connectivity index (χ3n) is 3.83. The van der Waals surface area contributed by atoms with Crippen LogP contribution in [0.5, 0.6) is 0 Å². The Hall–Kier alpha value is -2.02. The third-order valence-corrected chi connectivity index (χ3v) is 3.83. The van der Waals surface area contributed by atoms with Crippen LogP contribution < -0.4 is 10.6 Å². The first-order chi connectivity index (χ1) is 9.30. The fraction of sp³-hybridized carbons (Fsp3) is 0.500. The van der Waals surface area contributed by atoms with Gasteiger partial charge in [-0.15, -0.1) is 0 Å². The maximum atomic E-state index is 12.0. The molecule has 0 aliphatic heterocycles. The summed E-state index contributed by atoms with van der Waals surface area (Å²) in [5, 5.41) is 15.1. The first-order valence-corrected chi connectivity index (χ1v) is 6.82. The highest BCUT2D eigenvalue weighted by Gasteiger charge is 2.29. The van der Waals surface area contributed by atoms with Gasteiger partial charge in [0, 0.05) is 5.69 Å². The highest BCUT2D eigenvalue weighted by atomic mass is 16.2. The molecule has 1 aromatic rings. The molecule has 0 fully saturated rings. The molecule has 0 aliphatic rings. The van der Waals surface area contributed by atoms with Gasteiger partial charge in [-0.2, -0.15) is 5.26 Å². The van der Waals surface area contributed by atoms with Crippen molar-refractivity contribution >= 4 is 11.6 Å². The summed E-state index contributed by atoms with van der Waals surface area (Å²) in [5.41, 5.74) is 2.43. The second-order valence-corrected chi connectivity index (χ2v) is 5.62. The van der Waals surface area contributed by atoms with Crippen LogP contribution in [0.25, 0.3) is 0 Å². The van der Waals surface area contributed by atoms with Crippen molar-refractivity contribution in [3.05, 3.63) is 29.3 Å². The quantitative estimate of drug-likeness (QED) is 0.867. The summed E-state index contributed by atoms with van der Waals surface area (Å²) in [6.45, 7) is 9.79. The lowest BCUT2D eigenvalue weighted by Crippen LogP contribution is -2.50. The molecule has 0 spiro atoms. The van der Waals surface area contributed by atoms with Crippen LogP contribution in [0.3, 0.4) is 0 Å². The number of hydrogen-bond acceptors (Lipinski definition) is 3. The van der Waals surface area contributed by atoms with Crippen molar-refractivity contribution in [1.82, 2.24) is 5.32 Å². The predicted octanol–water partition coefficient (Wildman–Crippen LogP) is 2.77. The summed E-state index contributed by atoms with van der Waals surface area (Å²) < 4.78 is 0. The van der Waals surface area contributed by atoms with E-state index in [0.717, 1.165) is 11.3 Å². The highest BCUT2D eigenvalue weighted by Crippen LogP contribution is 2.18. The molecule has 0 saturated heterocycles. The minimum absolute atomic E-state index is 0.0529. The number of nitriles is 1.